The molecule has 3 rings (SSSR count). The molecule has 7 heteroatoms. The minimum absolute atomic E-state index is 0.241. The third-order valence-corrected chi connectivity index (χ3v) is 4.90. The summed E-state index contributed by atoms with van der Waals surface area (Å²) in [6, 6.07) is 8.73. The average Bonchev–Trinajstić information content (AvgIpc) is 3.05. The van der Waals surface area contributed by atoms with Gasteiger partial charge in [0.25, 0.3) is 0 Å². The van der Waals surface area contributed by atoms with E-state index in [0.29, 0.717) is 11.5 Å². The molecule has 0 aliphatic carbocycles. The smallest absolute Gasteiger partial charge is 0.341 e. The first-order valence-corrected chi connectivity index (χ1v) is 9.85. The number of fused-ring (bicyclic) bond motifs is 1. The summed E-state index contributed by atoms with van der Waals surface area (Å²) < 4.78 is 11.0. The summed E-state index contributed by atoms with van der Waals surface area (Å²) in [5.74, 6) is 0.103. The van der Waals surface area contributed by atoms with Crippen LogP contribution >= 0.6 is 23.2 Å². The van der Waals surface area contributed by atoms with Crippen LogP contribution in [0.5, 0.6) is 17.2 Å². The molecule has 5 nitrogen and oxygen atoms in total. The van der Waals surface area contributed by atoms with Crippen molar-refractivity contribution in [3.63, 3.8) is 0 Å². The van der Waals surface area contributed by atoms with E-state index in [1.807, 2.05) is 24.4 Å². The van der Waals surface area contributed by atoms with Crippen molar-refractivity contribution in [2.45, 2.75) is 32.6 Å². The zero-order valence-electron chi connectivity index (χ0n) is 15.4. The number of aliphatic carboxylic acids is 1. The fourth-order valence-electron chi connectivity index (χ4n) is 2.97. The van der Waals surface area contributed by atoms with E-state index < -0.39 is 12.6 Å². The Labute approximate surface area is 173 Å². The van der Waals surface area contributed by atoms with E-state index in [-0.39, 0.29) is 15.8 Å². The Balaban J connectivity index is 1.81. The standard InChI is InChI=1S/C21H21Cl2NO4/c1-2-3-4-5-13-11-24-19-7-6-14(8-16(13)19)28-21-17(22)9-15(10-18(21)23)27-12-20(25)26/h6-11,24H,2-5,12H2,1H3,(H,25,26). The van der Waals surface area contributed by atoms with Gasteiger partial charge in [-0.1, -0.05) is 43.0 Å². The minimum Gasteiger partial charge on any atom is -0.482 e. The van der Waals surface area contributed by atoms with Crippen molar-refractivity contribution >= 4 is 40.1 Å². The highest BCUT2D eigenvalue weighted by atomic mass is 35.5. The molecular formula is C21H21Cl2NO4. The van der Waals surface area contributed by atoms with Gasteiger partial charge in [-0.2, -0.15) is 0 Å². The summed E-state index contributed by atoms with van der Waals surface area (Å²) in [5.41, 5.74) is 2.30. The van der Waals surface area contributed by atoms with Crippen LogP contribution in [0.3, 0.4) is 0 Å². The maximum absolute atomic E-state index is 10.6. The maximum atomic E-state index is 10.6. The number of aromatic amines is 1. The summed E-state index contributed by atoms with van der Waals surface area (Å²) in [7, 11) is 0. The Kier molecular flexibility index (Phi) is 6.70. The molecule has 0 aliphatic rings. The monoisotopic (exact) mass is 421 g/mol. The van der Waals surface area contributed by atoms with Crippen molar-refractivity contribution < 1.29 is 19.4 Å². The van der Waals surface area contributed by atoms with Crippen molar-refractivity contribution in [1.82, 2.24) is 4.98 Å². The molecule has 0 aliphatic heterocycles. The Morgan fingerprint density at radius 2 is 1.86 bits per heavy atom. The van der Waals surface area contributed by atoms with Crippen LogP contribution in [0.25, 0.3) is 10.9 Å². The number of rotatable bonds is 9. The largest absolute Gasteiger partial charge is 0.482 e. The molecule has 0 radical (unpaired) electrons. The van der Waals surface area contributed by atoms with Gasteiger partial charge in [-0.25, -0.2) is 4.79 Å². The summed E-state index contributed by atoms with van der Waals surface area (Å²) in [6.45, 7) is 1.71. The number of nitrogens with one attached hydrogen (secondary N) is 1. The van der Waals surface area contributed by atoms with Gasteiger partial charge in [0, 0.05) is 29.2 Å². The number of carboxylic acid groups (broad SMARTS) is 1. The number of halogens is 2. The first kappa shape index (κ1) is 20.4. The zero-order valence-corrected chi connectivity index (χ0v) is 16.9. The first-order chi connectivity index (χ1) is 13.5. The highest BCUT2D eigenvalue weighted by Crippen LogP contribution is 2.40. The lowest BCUT2D eigenvalue weighted by Crippen LogP contribution is -2.09. The van der Waals surface area contributed by atoms with Crippen molar-refractivity contribution in [2.75, 3.05) is 6.61 Å². The fraction of sp³-hybridized carbons (Fsp3) is 0.286. The lowest BCUT2D eigenvalue weighted by atomic mass is 10.1. The first-order valence-electron chi connectivity index (χ1n) is 9.09. The number of aryl methyl sites for hydroxylation is 1. The summed E-state index contributed by atoms with van der Waals surface area (Å²) in [6.07, 6.45) is 6.57. The van der Waals surface area contributed by atoms with Crippen LogP contribution in [0.1, 0.15) is 31.7 Å². The molecule has 2 aromatic carbocycles. The number of benzene rings is 2. The molecule has 0 amide bonds. The highest BCUT2D eigenvalue weighted by molar-refractivity contribution is 6.37. The van der Waals surface area contributed by atoms with Crippen LogP contribution in [0, 0.1) is 0 Å². The maximum Gasteiger partial charge on any atom is 0.341 e. The van der Waals surface area contributed by atoms with E-state index >= 15 is 0 Å². The number of ether oxygens (including phenoxy) is 2. The van der Waals surface area contributed by atoms with Crippen LogP contribution in [-0.2, 0) is 11.2 Å². The van der Waals surface area contributed by atoms with Crippen molar-refractivity contribution in [2.24, 2.45) is 0 Å². The molecule has 0 spiro atoms. The van der Waals surface area contributed by atoms with Crippen LogP contribution in [0.4, 0.5) is 0 Å². The van der Waals surface area contributed by atoms with Crippen LogP contribution < -0.4 is 9.47 Å². The van der Waals surface area contributed by atoms with Gasteiger partial charge in [0.05, 0.1) is 10.0 Å². The predicted octanol–water partition coefficient (Wildman–Crippen LogP) is 6.46. The van der Waals surface area contributed by atoms with Crippen molar-refractivity contribution in [1.29, 1.82) is 0 Å². The van der Waals surface area contributed by atoms with E-state index in [1.165, 1.54) is 30.5 Å². The van der Waals surface area contributed by atoms with E-state index in [0.717, 1.165) is 23.7 Å². The molecule has 0 fully saturated rings. The number of H-pyrrole nitrogens is 1. The number of aromatic nitrogens is 1. The van der Waals surface area contributed by atoms with Gasteiger partial charge in [0.1, 0.15) is 11.5 Å². The lowest BCUT2D eigenvalue weighted by Gasteiger charge is -2.12. The molecule has 0 saturated carbocycles. The van der Waals surface area contributed by atoms with Crippen LogP contribution in [0.15, 0.2) is 36.5 Å². The molecule has 148 valence electrons. The number of unbranched alkanes of at least 4 members (excludes halogenated alkanes) is 2. The molecule has 0 unspecified atom stereocenters. The Morgan fingerprint density at radius 1 is 1.11 bits per heavy atom. The highest BCUT2D eigenvalue weighted by Gasteiger charge is 2.14. The number of carbonyl (C=O) groups is 1. The van der Waals surface area contributed by atoms with Gasteiger partial charge in [-0.05, 0) is 36.6 Å². The SMILES string of the molecule is CCCCCc1c[nH]c2ccc(Oc3c(Cl)cc(OCC(=O)O)cc3Cl)cc12. The predicted molar refractivity (Wildman–Crippen MR) is 111 cm³/mol. The summed E-state index contributed by atoms with van der Waals surface area (Å²) in [5, 5.41) is 10.3. The third kappa shape index (κ3) is 4.91. The Morgan fingerprint density at radius 3 is 2.54 bits per heavy atom. The Hall–Kier alpha value is -2.37. The second-order valence-electron chi connectivity index (χ2n) is 6.48. The number of carboxylic acids is 1. The number of hydrogen-bond acceptors (Lipinski definition) is 3. The lowest BCUT2D eigenvalue weighted by molar-refractivity contribution is -0.139. The second-order valence-corrected chi connectivity index (χ2v) is 7.29. The van der Waals surface area contributed by atoms with Gasteiger partial charge in [0.2, 0.25) is 0 Å². The molecule has 28 heavy (non-hydrogen) atoms. The van der Waals surface area contributed by atoms with Gasteiger partial charge in [-0.3, -0.25) is 0 Å². The van der Waals surface area contributed by atoms with Gasteiger partial charge in [0.15, 0.2) is 12.4 Å². The zero-order chi connectivity index (χ0) is 20.1. The molecule has 0 atom stereocenters. The molecule has 0 bridgehead atoms. The van der Waals surface area contributed by atoms with Gasteiger partial charge in [-0.15, -0.1) is 0 Å². The molecule has 2 N–H and O–H groups in total. The molecule has 1 heterocycles. The summed E-state index contributed by atoms with van der Waals surface area (Å²) >= 11 is 12.5. The fourth-order valence-corrected chi connectivity index (χ4v) is 3.52. The third-order valence-electron chi connectivity index (χ3n) is 4.34. The number of hydrogen-bond donors (Lipinski definition) is 2. The second kappa shape index (κ2) is 9.22. The van der Waals surface area contributed by atoms with E-state index in [9.17, 15) is 4.79 Å². The van der Waals surface area contributed by atoms with E-state index in [1.54, 1.807) is 0 Å². The van der Waals surface area contributed by atoms with Crippen molar-refractivity contribution in [3.05, 3.63) is 52.1 Å². The normalized spacial score (nSPS) is 11.0. The van der Waals surface area contributed by atoms with Crippen LogP contribution in [0.2, 0.25) is 10.0 Å². The minimum atomic E-state index is -1.08. The van der Waals surface area contributed by atoms with Crippen LogP contribution in [-0.4, -0.2) is 22.7 Å². The molecule has 3 aromatic rings. The average molecular weight is 422 g/mol. The molecule has 1 aromatic heterocycles. The van der Waals surface area contributed by atoms with E-state index in [4.69, 9.17) is 37.8 Å². The topological polar surface area (TPSA) is 71.5 Å². The Bertz CT molecular complexity index is 961. The molecular weight excluding hydrogens is 401 g/mol. The quantitative estimate of drug-likeness (QED) is 0.388. The molecule has 0 saturated heterocycles. The summed E-state index contributed by atoms with van der Waals surface area (Å²) in [4.78, 5) is 13.9. The van der Waals surface area contributed by atoms with Crippen molar-refractivity contribution in [3.8, 4) is 17.2 Å². The van der Waals surface area contributed by atoms with Gasteiger partial charge >= 0.3 is 5.97 Å². The van der Waals surface area contributed by atoms with Gasteiger partial charge < -0.3 is 19.6 Å². The van der Waals surface area contributed by atoms with E-state index in [2.05, 4.69) is 11.9 Å².